The van der Waals surface area contributed by atoms with E-state index in [1.54, 1.807) is 17.2 Å². The van der Waals surface area contributed by atoms with Gasteiger partial charge in [-0.15, -0.1) is 0 Å². The largest absolute Gasteiger partial charge is 0.482 e. The highest BCUT2D eigenvalue weighted by atomic mass is 35.5. The van der Waals surface area contributed by atoms with Gasteiger partial charge in [0.05, 0.1) is 22.1 Å². The number of pyridine rings is 1. The molecule has 0 fully saturated rings. The van der Waals surface area contributed by atoms with Crippen molar-refractivity contribution in [1.29, 1.82) is 0 Å². The van der Waals surface area contributed by atoms with Crippen molar-refractivity contribution < 1.29 is 9.53 Å². The SMILES string of the molecule is CCN1C(=O)COc2ccc(-c3nc4ccc(Cl)cn4c3CN)cc21. The third kappa shape index (κ3) is 2.54. The molecule has 6 nitrogen and oxygen atoms in total. The van der Waals surface area contributed by atoms with Crippen LogP contribution in [-0.2, 0) is 11.3 Å². The number of hydrogen-bond donors (Lipinski definition) is 1. The molecule has 0 radical (unpaired) electrons. The first-order valence-electron chi connectivity index (χ1n) is 8.06. The monoisotopic (exact) mass is 356 g/mol. The quantitative estimate of drug-likeness (QED) is 0.783. The summed E-state index contributed by atoms with van der Waals surface area (Å²) in [5, 5.41) is 0.618. The average Bonchev–Trinajstić information content (AvgIpc) is 2.98. The summed E-state index contributed by atoms with van der Waals surface area (Å²) in [6.45, 7) is 2.92. The van der Waals surface area contributed by atoms with Crippen LogP contribution in [0.15, 0.2) is 36.5 Å². The van der Waals surface area contributed by atoms with Crippen molar-refractivity contribution in [3.05, 3.63) is 47.2 Å². The van der Waals surface area contributed by atoms with Gasteiger partial charge in [0.25, 0.3) is 5.91 Å². The molecule has 3 aromatic rings. The Labute approximate surface area is 149 Å². The van der Waals surface area contributed by atoms with Crippen molar-refractivity contribution in [2.75, 3.05) is 18.1 Å². The molecule has 7 heteroatoms. The van der Waals surface area contributed by atoms with Crippen LogP contribution in [0.3, 0.4) is 0 Å². The lowest BCUT2D eigenvalue weighted by atomic mass is 10.1. The van der Waals surface area contributed by atoms with Gasteiger partial charge in [-0.2, -0.15) is 0 Å². The Balaban J connectivity index is 1.90. The summed E-state index contributed by atoms with van der Waals surface area (Å²) in [5.41, 5.74) is 10.0. The standard InChI is InChI=1S/C18H17ClN4O2/c1-2-22-13-7-11(3-5-15(13)25-10-17(22)24)18-14(8-20)23-9-12(19)4-6-16(23)21-18/h3-7,9H,2,8,10,20H2,1H3. The van der Waals surface area contributed by atoms with Crippen molar-refractivity contribution in [3.8, 4) is 17.0 Å². The highest BCUT2D eigenvalue weighted by Crippen LogP contribution is 2.36. The first-order chi connectivity index (χ1) is 12.1. The third-order valence-corrected chi connectivity index (χ3v) is 4.59. The minimum absolute atomic E-state index is 0.0482. The molecule has 0 atom stereocenters. The van der Waals surface area contributed by atoms with E-state index in [1.807, 2.05) is 35.6 Å². The van der Waals surface area contributed by atoms with E-state index in [1.165, 1.54) is 0 Å². The van der Waals surface area contributed by atoms with Crippen LogP contribution in [0.5, 0.6) is 5.75 Å². The molecule has 128 valence electrons. The Bertz CT molecular complexity index is 983. The molecule has 1 aromatic carbocycles. The number of likely N-dealkylation sites (N-methyl/N-ethyl adjacent to an activating group) is 1. The maximum atomic E-state index is 12.1. The number of nitrogens with zero attached hydrogens (tertiary/aromatic N) is 3. The van der Waals surface area contributed by atoms with Gasteiger partial charge in [-0.1, -0.05) is 11.6 Å². The average molecular weight is 357 g/mol. The minimum atomic E-state index is -0.0482. The fourth-order valence-electron chi connectivity index (χ4n) is 3.19. The summed E-state index contributed by atoms with van der Waals surface area (Å²) < 4.78 is 7.43. The van der Waals surface area contributed by atoms with E-state index < -0.39 is 0 Å². The van der Waals surface area contributed by atoms with Crippen LogP contribution in [0, 0.1) is 0 Å². The molecular weight excluding hydrogens is 340 g/mol. The molecule has 3 heterocycles. The van der Waals surface area contributed by atoms with E-state index in [0.717, 1.165) is 28.3 Å². The Hall–Kier alpha value is -2.57. The number of imidazole rings is 1. The van der Waals surface area contributed by atoms with Crippen LogP contribution in [0.25, 0.3) is 16.9 Å². The van der Waals surface area contributed by atoms with Gasteiger partial charge in [0, 0.05) is 24.8 Å². The van der Waals surface area contributed by atoms with Gasteiger partial charge in [0.2, 0.25) is 0 Å². The predicted molar refractivity (Wildman–Crippen MR) is 97.1 cm³/mol. The molecule has 0 bridgehead atoms. The van der Waals surface area contributed by atoms with Gasteiger partial charge in [-0.3, -0.25) is 4.79 Å². The van der Waals surface area contributed by atoms with E-state index >= 15 is 0 Å². The number of benzene rings is 1. The second-order valence-corrected chi connectivity index (χ2v) is 6.23. The first kappa shape index (κ1) is 15.9. The zero-order valence-electron chi connectivity index (χ0n) is 13.7. The number of amides is 1. The fourth-order valence-corrected chi connectivity index (χ4v) is 3.35. The third-order valence-electron chi connectivity index (χ3n) is 4.37. The summed E-state index contributed by atoms with van der Waals surface area (Å²) >= 11 is 6.10. The number of anilines is 1. The molecular formula is C18H17ClN4O2. The molecule has 1 aliphatic rings. The van der Waals surface area contributed by atoms with Crippen LogP contribution in [-0.4, -0.2) is 28.4 Å². The van der Waals surface area contributed by atoms with Gasteiger partial charge >= 0.3 is 0 Å². The second-order valence-electron chi connectivity index (χ2n) is 5.80. The molecule has 4 rings (SSSR count). The first-order valence-corrected chi connectivity index (χ1v) is 8.44. The summed E-state index contributed by atoms with van der Waals surface area (Å²) in [6.07, 6.45) is 1.80. The molecule has 2 aromatic heterocycles. The van der Waals surface area contributed by atoms with Crippen molar-refractivity contribution >= 4 is 28.8 Å². The molecule has 0 aliphatic carbocycles. The van der Waals surface area contributed by atoms with Gasteiger partial charge in [-0.25, -0.2) is 4.98 Å². The lowest BCUT2D eigenvalue weighted by molar-refractivity contribution is -0.121. The molecule has 0 saturated heterocycles. The number of ether oxygens (including phenoxy) is 1. The van der Waals surface area contributed by atoms with E-state index in [4.69, 9.17) is 27.1 Å². The van der Waals surface area contributed by atoms with E-state index in [9.17, 15) is 4.79 Å². The number of carbonyl (C=O) groups excluding carboxylic acids is 1. The van der Waals surface area contributed by atoms with Crippen molar-refractivity contribution in [2.45, 2.75) is 13.5 Å². The maximum absolute atomic E-state index is 12.1. The molecule has 25 heavy (non-hydrogen) atoms. The number of halogens is 1. The number of hydrogen-bond acceptors (Lipinski definition) is 4. The van der Waals surface area contributed by atoms with E-state index in [0.29, 0.717) is 23.9 Å². The Morgan fingerprint density at radius 1 is 1.32 bits per heavy atom. The highest BCUT2D eigenvalue weighted by molar-refractivity contribution is 6.30. The van der Waals surface area contributed by atoms with Crippen molar-refractivity contribution in [3.63, 3.8) is 0 Å². The minimum Gasteiger partial charge on any atom is -0.482 e. The highest BCUT2D eigenvalue weighted by Gasteiger charge is 2.25. The molecule has 0 unspecified atom stereocenters. The number of carbonyl (C=O) groups is 1. The lowest BCUT2D eigenvalue weighted by Crippen LogP contribution is -2.38. The van der Waals surface area contributed by atoms with Gasteiger partial charge in [0.15, 0.2) is 6.61 Å². The Morgan fingerprint density at radius 3 is 2.92 bits per heavy atom. The second kappa shape index (κ2) is 6.06. The zero-order chi connectivity index (χ0) is 17.6. The normalized spacial score (nSPS) is 13.9. The van der Waals surface area contributed by atoms with Gasteiger partial charge < -0.3 is 19.8 Å². The smallest absolute Gasteiger partial charge is 0.265 e. The summed E-state index contributed by atoms with van der Waals surface area (Å²) in [7, 11) is 0. The van der Waals surface area contributed by atoms with Crippen LogP contribution in [0.1, 0.15) is 12.6 Å². The topological polar surface area (TPSA) is 72.9 Å². The maximum Gasteiger partial charge on any atom is 0.265 e. The lowest BCUT2D eigenvalue weighted by Gasteiger charge is -2.28. The fraction of sp³-hybridized carbons (Fsp3) is 0.222. The van der Waals surface area contributed by atoms with Gasteiger partial charge in [0.1, 0.15) is 11.4 Å². The predicted octanol–water partition coefficient (Wildman–Crippen LogP) is 2.86. The molecule has 0 saturated carbocycles. The molecule has 1 aliphatic heterocycles. The van der Waals surface area contributed by atoms with Gasteiger partial charge in [-0.05, 0) is 37.3 Å². The van der Waals surface area contributed by atoms with Crippen LogP contribution >= 0.6 is 11.6 Å². The molecule has 1 amide bonds. The van der Waals surface area contributed by atoms with Crippen LogP contribution < -0.4 is 15.4 Å². The summed E-state index contributed by atoms with van der Waals surface area (Å²) in [6, 6.07) is 9.39. The number of nitrogens with two attached hydrogens (primary N) is 1. The van der Waals surface area contributed by atoms with Crippen molar-refractivity contribution in [1.82, 2.24) is 9.38 Å². The zero-order valence-corrected chi connectivity index (χ0v) is 14.5. The number of fused-ring (bicyclic) bond motifs is 2. The van der Waals surface area contributed by atoms with Crippen LogP contribution in [0.2, 0.25) is 5.02 Å². The molecule has 2 N–H and O–H groups in total. The number of aromatic nitrogens is 2. The van der Waals surface area contributed by atoms with E-state index in [-0.39, 0.29) is 12.5 Å². The van der Waals surface area contributed by atoms with Crippen molar-refractivity contribution in [2.24, 2.45) is 5.73 Å². The Kier molecular flexibility index (Phi) is 3.86. The summed E-state index contributed by atoms with van der Waals surface area (Å²) in [5.74, 6) is 0.652. The number of rotatable bonds is 3. The summed E-state index contributed by atoms with van der Waals surface area (Å²) in [4.78, 5) is 18.5. The Morgan fingerprint density at radius 2 is 2.16 bits per heavy atom. The van der Waals surface area contributed by atoms with E-state index in [2.05, 4.69) is 0 Å². The van der Waals surface area contributed by atoms with Crippen LogP contribution in [0.4, 0.5) is 5.69 Å². The molecule has 0 spiro atoms.